The maximum Gasteiger partial charge on any atom is 0.249 e. The van der Waals surface area contributed by atoms with Gasteiger partial charge in [-0.1, -0.05) is 11.6 Å². The minimum atomic E-state index is 0.0932. The molecule has 0 radical (unpaired) electrons. The van der Waals surface area contributed by atoms with E-state index >= 15 is 0 Å². The number of aromatic hydroxyl groups is 1. The van der Waals surface area contributed by atoms with E-state index in [1.807, 2.05) is 0 Å². The fourth-order valence-corrected chi connectivity index (χ4v) is 1.72. The lowest BCUT2D eigenvalue weighted by Crippen LogP contribution is -1.70. The molecule has 0 unspecified atom stereocenters. The van der Waals surface area contributed by atoms with Gasteiger partial charge in [0.25, 0.3) is 0 Å². The van der Waals surface area contributed by atoms with Gasteiger partial charge in [-0.2, -0.15) is 4.37 Å². The van der Waals surface area contributed by atoms with Gasteiger partial charge in [0.1, 0.15) is 17.3 Å². The van der Waals surface area contributed by atoms with Crippen LogP contribution in [0.4, 0.5) is 10.8 Å². The quantitative estimate of drug-likeness (QED) is 0.832. The van der Waals surface area contributed by atoms with Crippen molar-refractivity contribution in [3.63, 3.8) is 0 Å². The van der Waals surface area contributed by atoms with Crippen LogP contribution in [0.1, 0.15) is 5.82 Å². The van der Waals surface area contributed by atoms with E-state index in [0.29, 0.717) is 21.7 Å². The normalized spacial score (nSPS) is 11.1. The number of hydrogen-bond donors (Lipinski definition) is 1. The van der Waals surface area contributed by atoms with Crippen LogP contribution >= 0.6 is 23.1 Å². The van der Waals surface area contributed by atoms with E-state index in [2.05, 4.69) is 19.6 Å². The Morgan fingerprint density at radius 1 is 1.38 bits per heavy atom. The molecule has 1 aromatic carbocycles. The summed E-state index contributed by atoms with van der Waals surface area (Å²) in [6, 6.07) is 4.47. The highest BCUT2D eigenvalue weighted by molar-refractivity contribution is 7.09. The molecule has 7 heteroatoms. The largest absolute Gasteiger partial charge is 0.508 e. The van der Waals surface area contributed by atoms with Gasteiger partial charge in [0, 0.05) is 17.6 Å². The van der Waals surface area contributed by atoms with Crippen molar-refractivity contribution in [2.45, 2.75) is 6.92 Å². The molecule has 1 N–H and O–H groups in total. The molecule has 2 rings (SSSR count). The second kappa shape index (κ2) is 4.54. The molecule has 0 spiro atoms. The molecule has 1 aromatic heterocycles. The van der Waals surface area contributed by atoms with Crippen molar-refractivity contribution in [1.82, 2.24) is 9.36 Å². The molecule has 0 saturated heterocycles. The van der Waals surface area contributed by atoms with Gasteiger partial charge in [0.15, 0.2) is 0 Å². The first-order valence-corrected chi connectivity index (χ1v) is 5.51. The fourth-order valence-electron chi connectivity index (χ4n) is 1.00. The molecular formula is C9H7ClN4OS. The van der Waals surface area contributed by atoms with Crippen molar-refractivity contribution in [3.05, 3.63) is 29.0 Å². The second-order valence-corrected chi connectivity index (χ2v) is 4.10. The number of phenols is 1. The van der Waals surface area contributed by atoms with Crippen LogP contribution in [-0.2, 0) is 0 Å². The van der Waals surface area contributed by atoms with Gasteiger partial charge in [-0.3, -0.25) is 0 Å². The summed E-state index contributed by atoms with van der Waals surface area (Å²) in [5.41, 5.74) is 0.479. The first-order chi connectivity index (χ1) is 7.65. The number of nitrogens with zero attached hydrogens (tertiary/aromatic N) is 4. The summed E-state index contributed by atoms with van der Waals surface area (Å²) in [6.07, 6.45) is 0. The van der Waals surface area contributed by atoms with E-state index in [0.717, 1.165) is 11.5 Å². The summed E-state index contributed by atoms with van der Waals surface area (Å²) in [5.74, 6) is 0.756. The van der Waals surface area contributed by atoms with Crippen LogP contribution in [0.25, 0.3) is 0 Å². The molecule has 1 heterocycles. The lowest BCUT2D eigenvalue weighted by atomic mass is 10.3. The Labute approximate surface area is 101 Å². The third-order valence-electron chi connectivity index (χ3n) is 1.69. The first-order valence-electron chi connectivity index (χ1n) is 4.36. The van der Waals surface area contributed by atoms with Gasteiger partial charge in [-0.05, 0) is 19.1 Å². The summed E-state index contributed by atoms with van der Waals surface area (Å²) >= 11 is 7.02. The first kappa shape index (κ1) is 11.0. The van der Waals surface area contributed by atoms with Crippen LogP contribution in [0.15, 0.2) is 28.4 Å². The fraction of sp³-hybridized carbons (Fsp3) is 0.111. The Balaban J connectivity index is 2.23. The molecule has 82 valence electrons. The van der Waals surface area contributed by atoms with Gasteiger partial charge in [0.05, 0.1) is 5.02 Å². The average molecular weight is 255 g/mol. The SMILES string of the molecule is Cc1nsc(N=Nc2ccc(O)cc2Cl)n1. The maximum absolute atomic E-state index is 9.15. The molecule has 0 aliphatic carbocycles. The minimum Gasteiger partial charge on any atom is -0.508 e. The Hall–Kier alpha value is -1.53. The van der Waals surface area contributed by atoms with Crippen molar-refractivity contribution in [2.75, 3.05) is 0 Å². The average Bonchev–Trinajstić information content (AvgIpc) is 2.63. The van der Waals surface area contributed by atoms with Gasteiger partial charge in [0.2, 0.25) is 5.13 Å². The number of phenolic OH excluding ortho intramolecular Hbond substituents is 1. The zero-order valence-corrected chi connectivity index (χ0v) is 9.83. The maximum atomic E-state index is 9.15. The van der Waals surface area contributed by atoms with Gasteiger partial charge < -0.3 is 5.11 Å². The Bertz CT molecular complexity index is 540. The Morgan fingerprint density at radius 3 is 2.81 bits per heavy atom. The van der Waals surface area contributed by atoms with Crippen LogP contribution in [0.5, 0.6) is 5.75 Å². The summed E-state index contributed by atoms with van der Waals surface area (Å²) in [5, 5.41) is 17.8. The van der Waals surface area contributed by atoms with E-state index in [9.17, 15) is 0 Å². The standard InChI is InChI=1S/C9H7ClN4OS/c1-5-11-9(16-14-5)13-12-8-3-2-6(15)4-7(8)10/h2-4,15H,1H3. The molecule has 0 saturated carbocycles. The number of rotatable bonds is 2. The third kappa shape index (κ3) is 2.53. The van der Waals surface area contributed by atoms with Crippen LogP contribution in [0.2, 0.25) is 5.02 Å². The summed E-state index contributed by atoms with van der Waals surface area (Å²) in [4.78, 5) is 4.03. The van der Waals surface area contributed by atoms with Crippen LogP contribution in [0.3, 0.4) is 0 Å². The van der Waals surface area contributed by atoms with Gasteiger partial charge in [-0.25, -0.2) is 4.98 Å². The van der Waals surface area contributed by atoms with Crippen molar-refractivity contribution < 1.29 is 5.11 Å². The van der Waals surface area contributed by atoms with E-state index < -0.39 is 0 Å². The van der Waals surface area contributed by atoms with Crippen molar-refractivity contribution in [3.8, 4) is 5.75 Å². The smallest absolute Gasteiger partial charge is 0.249 e. The molecule has 0 bridgehead atoms. The van der Waals surface area contributed by atoms with Crippen LogP contribution in [0, 0.1) is 6.92 Å². The number of benzene rings is 1. The van der Waals surface area contributed by atoms with Gasteiger partial charge in [-0.15, -0.1) is 10.2 Å². The lowest BCUT2D eigenvalue weighted by Gasteiger charge is -1.96. The summed E-state index contributed by atoms with van der Waals surface area (Å²) < 4.78 is 3.97. The molecule has 0 aliphatic rings. The Kier molecular flexibility index (Phi) is 3.12. The zero-order valence-electron chi connectivity index (χ0n) is 8.25. The van der Waals surface area contributed by atoms with Crippen molar-refractivity contribution in [1.29, 1.82) is 0 Å². The van der Waals surface area contributed by atoms with Crippen molar-refractivity contribution >= 4 is 34.0 Å². The number of hydrogen-bond acceptors (Lipinski definition) is 6. The molecule has 0 aliphatic heterocycles. The zero-order chi connectivity index (χ0) is 11.5. The number of aromatic nitrogens is 2. The Morgan fingerprint density at radius 2 is 2.19 bits per heavy atom. The highest BCUT2D eigenvalue weighted by Crippen LogP contribution is 2.30. The molecular weight excluding hydrogens is 248 g/mol. The van der Waals surface area contributed by atoms with E-state index in [-0.39, 0.29) is 5.75 Å². The number of aryl methyl sites for hydroxylation is 1. The van der Waals surface area contributed by atoms with E-state index in [4.69, 9.17) is 16.7 Å². The molecule has 0 fully saturated rings. The molecule has 0 amide bonds. The molecule has 2 aromatic rings. The number of halogens is 1. The topological polar surface area (TPSA) is 70.7 Å². The van der Waals surface area contributed by atoms with Gasteiger partial charge >= 0.3 is 0 Å². The third-order valence-corrected chi connectivity index (χ3v) is 2.69. The predicted molar refractivity (Wildman–Crippen MR) is 61.9 cm³/mol. The lowest BCUT2D eigenvalue weighted by molar-refractivity contribution is 0.475. The van der Waals surface area contributed by atoms with E-state index in [1.165, 1.54) is 12.1 Å². The summed E-state index contributed by atoms with van der Waals surface area (Å²) in [7, 11) is 0. The van der Waals surface area contributed by atoms with E-state index in [1.54, 1.807) is 13.0 Å². The minimum absolute atomic E-state index is 0.0932. The highest BCUT2D eigenvalue weighted by Gasteiger charge is 2.01. The second-order valence-electron chi connectivity index (χ2n) is 2.96. The molecule has 0 atom stereocenters. The number of azo groups is 1. The monoisotopic (exact) mass is 254 g/mol. The highest BCUT2D eigenvalue weighted by atomic mass is 35.5. The summed E-state index contributed by atoms with van der Waals surface area (Å²) in [6.45, 7) is 1.78. The molecule has 5 nitrogen and oxygen atoms in total. The van der Waals surface area contributed by atoms with Crippen LogP contribution in [-0.4, -0.2) is 14.5 Å². The molecule has 16 heavy (non-hydrogen) atoms. The van der Waals surface area contributed by atoms with Crippen molar-refractivity contribution in [2.24, 2.45) is 10.2 Å². The predicted octanol–water partition coefficient (Wildman–Crippen LogP) is 3.62. The van der Waals surface area contributed by atoms with Crippen LogP contribution < -0.4 is 0 Å².